The van der Waals surface area contributed by atoms with E-state index in [0.29, 0.717) is 0 Å². The minimum Gasteiger partial charge on any atom is -0.399 e. The fraction of sp³-hybridized carbons (Fsp3) is 0.400. The number of rotatable bonds is 6. The maximum absolute atomic E-state index is 5.86. The van der Waals surface area contributed by atoms with Gasteiger partial charge in [0.2, 0.25) is 0 Å². The molecule has 1 aliphatic rings. The van der Waals surface area contributed by atoms with Crippen molar-refractivity contribution in [1.82, 2.24) is 9.80 Å². The Labute approximate surface area is 139 Å². The van der Waals surface area contributed by atoms with Crippen molar-refractivity contribution in [3.8, 4) is 0 Å². The van der Waals surface area contributed by atoms with Crippen LogP contribution in [-0.2, 0) is 13.1 Å². The zero-order valence-corrected chi connectivity index (χ0v) is 14.0. The van der Waals surface area contributed by atoms with E-state index in [1.807, 2.05) is 12.1 Å². The first-order valence-corrected chi connectivity index (χ1v) is 8.48. The standard InChI is InChI=1S/C20H27N3/c1-22(13-18-8-5-9-20(21)12-18)14-19-10-11-23(16-19)15-17-6-3-2-4-7-17/h2-9,12,19H,10-11,13-16,21H2,1H3. The Morgan fingerprint density at radius 3 is 2.65 bits per heavy atom. The minimum absolute atomic E-state index is 0.768. The molecule has 1 atom stereocenters. The lowest BCUT2D eigenvalue weighted by Gasteiger charge is -2.22. The summed E-state index contributed by atoms with van der Waals surface area (Å²) >= 11 is 0. The molecule has 2 N–H and O–H groups in total. The Balaban J connectivity index is 1.46. The van der Waals surface area contributed by atoms with Gasteiger partial charge in [-0.15, -0.1) is 0 Å². The molecule has 0 bridgehead atoms. The summed E-state index contributed by atoms with van der Waals surface area (Å²) in [6, 6.07) is 19.0. The van der Waals surface area contributed by atoms with Crippen LogP contribution >= 0.6 is 0 Å². The first kappa shape index (κ1) is 16.0. The lowest BCUT2D eigenvalue weighted by molar-refractivity contribution is 0.255. The van der Waals surface area contributed by atoms with Crippen molar-refractivity contribution in [3.05, 3.63) is 65.7 Å². The summed E-state index contributed by atoms with van der Waals surface area (Å²) in [4.78, 5) is 5.00. The Hall–Kier alpha value is -1.84. The topological polar surface area (TPSA) is 32.5 Å². The summed E-state index contributed by atoms with van der Waals surface area (Å²) in [6.07, 6.45) is 1.30. The molecular formula is C20H27N3. The summed E-state index contributed by atoms with van der Waals surface area (Å²) in [5, 5.41) is 0. The van der Waals surface area contributed by atoms with Crippen molar-refractivity contribution in [2.24, 2.45) is 5.92 Å². The molecule has 0 amide bonds. The molecule has 1 aliphatic heterocycles. The number of likely N-dealkylation sites (tertiary alicyclic amines) is 1. The smallest absolute Gasteiger partial charge is 0.0317 e. The van der Waals surface area contributed by atoms with Gasteiger partial charge in [0.15, 0.2) is 0 Å². The lowest BCUT2D eigenvalue weighted by atomic mass is 10.1. The van der Waals surface area contributed by atoms with Crippen molar-refractivity contribution < 1.29 is 0 Å². The number of nitrogens with zero attached hydrogens (tertiary/aromatic N) is 2. The average molecular weight is 309 g/mol. The molecule has 1 fully saturated rings. The molecule has 1 unspecified atom stereocenters. The van der Waals surface area contributed by atoms with E-state index < -0.39 is 0 Å². The Kier molecular flexibility index (Phi) is 5.31. The Bertz CT molecular complexity index is 611. The van der Waals surface area contributed by atoms with Crippen molar-refractivity contribution >= 4 is 5.69 Å². The first-order chi connectivity index (χ1) is 11.2. The van der Waals surface area contributed by atoms with Gasteiger partial charge in [-0.1, -0.05) is 42.5 Å². The van der Waals surface area contributed by atoms with Crippen LogP contribution in [-0.4, -0.2) is 36.5 Å². The SMILES string of the molecule is CN(Cc1cccc(N)c1)CC1CCN(Cc2ccccc2)C1. The highest BCUT2D eigenvalue weighted by Gasteiger charge is 2.23. The van der Waals surface area contributed by atoms with E-state index in [2.05, 4.69) is 59.3 Å². The third-order valence-electron chi connectivity index (χ3n) is 4.59. The molecule has 1 saturated heterocycles. The van der Waals surface area contributed by atoms with Gasteiger partial charge >= 0.3 is 0 Å². The molecule has 2 aromatic carbocycles. The molecule has 0 spiro atoms. The highest BCUT2D eigenvalue weighted by atomic mass is 15.2. The minimum atomic E-state index is 0.768. The monoisotopic (exact) mass is 309 g/mol. The molecule has 3 heteroatoms. The zero-order valence-electron chi connectivity index (χ0n) is 14.0. The summed E-state index contributed by atoms with van der Waals surface area (Å²) < 4.78 is 0. The number of nitrogens with two attached hydrogens (primary N) is 1. The summed E-state index contributed by atoms with van der Waals surface area (Å²) in [7, 11) is 2.21. The number of nitrogen functional groups attached to an aromatic ring is 1. The predicted octanol–water partition coefficient (Wildman–Crippen LogP) is 3.22. The van der Waals surface area contributed by atoms with E-state index in [0.717, 1.165) is 31.2 Å². The van der Waals surface area contributed by atoms with Crippen LogP contribution in [0.2, 0.25) is 0 Å². The van der Waals surface area contributed by atoms with Crippen molar-refractivity contribution in [1.29, 1.82) is 0 Å². The predicted molar refractivity (Wildman–Crippen MR) is 97.0 cm³/mol. The molecule has 0 aliphatic carbocycles. The molecule has 0 saturated carbocycles. The Morgan fingerprint density at radius 2 is 1.87 bits per heavy atom. The van der Waals surface area contributed by atoms with E-state index in [4.69, 9.17) is 5.73 Å². The van der Waals surface area contributed by atoms with E-state index in [-0.39, 0.29) is 0 Å². The summed E-state index contributed by atoms with van der Waals surface area (Å²) in [5.74, 6) is 0.768. The quantitative estimate of drug-likeness (QED) is 0.832. The number of hydrogen-bond donors (Lipinski definition) is 1. The van der Waals surface area contributed by atoms with Crippen LogP contribution in [0.4, 0.5) is 5.69 Å². The van der Waals surface area contributed by atoms with Gasteiger partial charge in [0.1, 0.15) is 0 Å². The van der Waals surface area contributed by atoms with Gasteiger partial charge in [0.25, 0.3) is 0 Å². The molecule has 1 heterocycles. The highest BCUT2D eigenvalue weighted by Crippen LogP contribution is 2.20. The number of benzene rings is 2. The first-order valence-electron chi connectivity index (χ1n) is 8.48. The largest absolute Gasteiger partial charge is 0.399 e. The molecule has 0 aromatic heterocycles. The average Bonchev–Trinajstić information content (AvgIpc) is 2.95. The van der Waals surface area contributed by atoms with Crippen LogP contribution < -0.4 is 5.73 Å². The van der Waals surface area contributed by atoms with Crippen LogP contribution in [0.15, 0.2) is 54.6 Å². The number of anilines is 1. The van der Waals surface area contributed by atoms with Crippen LogP contribution in [0.1, 0.15) is 17.5 Å². The van der Waals surface area contributed by atoms with Crippen molar-refractivity contribution in [3.63, 3.8) is 0 Å². The summed E-state index contributed by atoms with van der Waals surface area (Å²) in [5.41, 5.74) is 9.43. The van der Waals surface area contributed by atoms with Crippen LogP contribution in [0.5, 0.6) is 0 Å². The fourth-order valence-corrected chi connectivity index (χ4v) is 3.56. The molecule has 3 rings (SSSR count). The van der Waals surface area contributed by atoms with Crippen molar-refractivity contribution in [2.45, 2.75) is 19.5 Å². The summed E-state index contributed by atoms with van der Waals surface area (Å²) in [6.45, 7) is 5.62. The second kappa shape index (κ2) is 7.62. The molecular weight excluding hydrogens is 282 g/mol. The molecule has 2 aromatic rings. The molecule has 23 heavy (non-hydrogen) atoms. The molecule has 3 nitrogen and oxygen atoms in total. The van der Waals surface area contributed by atoms with Gasteiger partial charge < -0.3 is 10.6 Å². The lowest BCUT2D eigenvalue weighted by Crippen LogP contribution is -2.28. The Morgan fingerprint density at radius 1 is 1.09 bits per heavy atom. The van der Waals surface area contributed by atoms with Gasteiger partial charge in [-0.3, -0.25) is 4.90 Å². The van der Waals surface area contributed by atoms with Gasteiger partial charge in [-0.05, 0) is 49.2 Å². The highest BCUT2D eigenvalue weighted by molar-refractivity contribution is 5.40. The van der Waals surface area contributed by atoms with Gasteiger partial charge in [-0.25, -0.2) is 0 Å². The maximum Gasteiger partial charge on any atom is 0.0317 e. The van der Waals surface area contributed by atoms with E-state index in [9.17, 15) is 0 Å². The van der Waals surface area contributed by atoms with Gasteiger partial charge in [-0.2, -0.15) is 0 Å². The normalized spacial score (nSPS) is 18.6. The fourth-order valence-electron chi connectivity index (χ4n) is 3.56. The van der Waals surface area contributed by atoms with E-state index in [1.54, 1.807) is 0 Å². The van der Waals surface area contributed by atoms with E-state index in [1.165, 1.54) is 30.6 Å². The van der Waals surface area contributed by atoms with Crippen LogP contribution in [0.25, 0.3) is 0 Å². The van der Waals surface area contributed by atoms with Gasteiger partial charge in [0, 0.05) is 31.9 Å². The zero-order chi connectivity index (χ0) is 16.1. The van der Waals surface area contributed by atoms with Crippen LogP contribution in [0, 0.1) is 5.92 Å². The molecule has 0 radical (unpaired) electrons. The third-order valence-corrected chi connectivity index (χ3v) is 4.59. The van der Waals surface area contributed by atoms with Crippen molar-refractivity contribution in [2.75, 3.05) is 32.4 Å². The second-order valence-electron chi connectivity index (χ2n) is 6.82. The maximum atomic E-state index is 5.86. The number of hydrogen-bond acceptors (Lipinski definition) is 3. The molecule has 122 valence electrons. The van der Waals surface area contributed by atoms with E-state index >= 15 is 0 Å². The second-order valence-corrected chi connectivity index (χ2v) is 6.82. The third kappa shape index (κ3) is 4.81. The van der Waals surface area contributed by atoms with Gasteiger partial charge in [0.05, 0.1) is 0 Å². The van der Waals surface area contributed by atoms with Crippen LogP contribution in [0.3, 0.4) is 0 Å².